The van der Waals surface area contributed by atoms with Gasteiger partial charge in [-0.1, -0.05) is 48.5 Å². The van der Waals surface area contributed by atoms with E-state index < -0.39 is 29.5 Å². The summed E-state index contributed by atoms with van der Waals surface area (Å²) in [4.78, 5) is 38.9. The number of carboxylic acids is 1. The molecular formula is C27H23NO7. The fraction of sp³-hybridized carbons (Fsp3) is 0.148. The van der Waals surface area contributed by atoms with Crippen molar-refractivity contribution in [3.05, 3.63) is 95.1 Å². The van der Waals surface area contributed by atoms with E-state index in [1.807, 2.05) is 0 Å². The zero-order valence-corrected chi connectivity index (χ0v) is 19.1. The third-order valence-corrected chi connectivity index (χ3v) is 5.79. The van der Waals surface area contributed by atoms with Crippen LogP contribution in [0.1, 0.15) is 22.7 Å². The fourth-order valence-electron chi connectivity index (χ4n) is 4.22. The van der Waals surface area contributed by atoms with Gasteiger partial charge in [0.15, 0.2) is 0 Å². The maximum absolute atomic E-state index is 13.3. The molecule has 1 saturated heterocycles. The number of carbonyl (C=O) groups excluding carboxylic acids is 2. The van der Waals surface area contributed by atoms with Crippen molar-refractivity contribution in [2.24, 2.45) is 0 Å². The first-order chi connectivity index (χ1) is 16.9. The van der Waals surface area contributed by atoms with Crippen molar-refractivity contribution < 1.29 is 34.1 Å². The lowest BCUT2D eigenvalue weighted by Crippen LogP contribution is -2.29. The van der Waals surface area contributed by atoms with Crippen molar-refractivity contribution in [3.8, 4) is 11.5 Å². The van der Waals surface area contributed by atoms with Crippen molar-refractivity contribution >= 4 is 29.1 Å². The van der Waals surface area contributed by atoms with E-state index in [9.17, 15) is 19.5 Å². The van der Waals surface area contributed by atoms with E-state index in [-0.39, 0.29) is 29.1 Å². The number of ether oxygens (including phenoxy) is 2. The minimum Gasteiger partial charge on any atom is -0.506 e. The largest absolute Gasteiger partial charge is 0.506 e. The van der Waals surface area contributed by atoms with Gasteiger partial charge in [0.1, 0.15) is 22.8 Å². The molecule has 8 nitrogen and oxygen atoms in total. The number of Topliss-reactive ketones (excluding diaryl/α,β-unsaturated/α-hetero) is 1. The van der Waals surface area contributed by atoms with Gasteiger partial charge in [-0.05, 0) is 35.4 Å². The van der Waals surface area contributed by atoms with Crippen LogP contribution in [0, 0.1) is 0 Å². The zero-order valence-electron chi connectivity index (χ0n) is 19.1. The number of ketones is 1. The number of carbonyl (C=O) groups is 3. The number of hydrogen-bond donors (Lipinski definition) is 2. The molecule has 4 rings (SSSR count). The van der Waals surface area contributed by atoms with Gasteiger partial charge in [0.25, 0.3) is 11.7 Å². The molecule has 0 spiro atoms. The lowest BCUT2D eigenvalue weighted by Gasteiger charge is -2.26. The molecule has 35 heavy (non-hydrogen) atoms. The normalized spacial score (nSPS) is 16.9. The number of methoxy groups -OCH3 is 2. The molecule has 0 bridgehead atoms. The van der Waals surface area contributed by atoms with Gasteiger partial charge >= 0.3 is 5.97 Å². The number of aliphatic hydroxyl groups is 1. The molecular weight excluding hydrogens is 450 g/mol. The molecule has 3 aromatic carbocycles. The average Bonchev–Trinajstić information content (AvgIpc) is 3.14. The Hall–Kier alpha value is -4.59. The number of benzene rings is 3. The van der Waals surface area contributed by atoms with Gasteiger partial charge in [-0.2, -0.15) is 0 Å². The van der Waals surface area contributed by atoms with Crippen LogP contribution in [0.15, 0.2) is 78.4 Å². The second-order valence-electron chi connectivity index (χ2n) is 7.85. The minimum absolute atomic E-state index is 0.112. The van der Waals surface area contributed by atoms with Crippen molar-refractivity contribution in [3.63, 3.8) is 0 Å². The van der Waals surface area contributed by atoms with Crippen LogP contribution in [0.2, 0.25) is 0 Å². The molecule has 0 aromatic heterocycles. The lowest BCUT2D eigenvalue weighted by molar-refractivity contribution is -0.136. The Kier molecular flexibility index (Phi) is 6.55. The van der Waals surface area contributed by atoms with Crippen LogP contribution in [0.25, 0.3) is 5.76 Å². The van der Waals surface area contributed by atoms with Gasteiger partial charge < -0.3 is 19.7 Å². The molecule has 8 heteroatoms. The minimum atomic E-state index is -0.978. The Morgan fingerprint density at radius 2 is 1.46 bits per heavy atom. The van der Waals surface area contributed by atoms with Gasteiger partial charge in [0.05, 0.1) is 32.3 Å². The molecule has 178 valence electrons. The summed E-state index contributed by atoms with van der Waals surface area (Å²) in [5.74, 6) is -2.53. The van der Waals surface area contributed by atoms with Crippen LogP contribution in [0.5, 0.6) is 11.5 Å². The van der Waals surface area contributed by atoms with E-state index >= 15 is 0 Å². The molecule has 1 fully saturated rings. The Bertz CT molecular complexity index is 1290. The highest BCUT2D eigenvalue weighted by Gasteiger charge is 2.47. The highest BCUT2D eigenvalue weighted by atomic mass is 16.5. The van der Waals surface area contributed by atoms with E-state index in [1.54, 1.807) is 72.8 Å². The quantitative estimate of drug-likeness (QED) is 0.303. The van der Waals surface area contributed by atoms with Crippen molar-refractivity contribution in [2.45, 2.75) is 12.5 Å². The highest BCUT2D eigenvalue weighted by Crippen LogP contribution is 2.45. The standard InChI is InChI=1S/C27H23NO7/c1-34-19-9-6-10-20(35-2)22(19)25(31)23-24(17-7-4-3-5-8-17)28(27(33)26(23)32)18-13-11-16(12-14-18)15-21(29)30/h3-14,24,31H,15H2,1-2H3,(H,29,30)/b25-23+. The molecule has 1 heterocycles. The summed E-state index contributed by atoms with van der Waals surface area (Å²) in [5.41, 5.74) is 1.59. The Balaban J connectivity index is 1.93. The molecule has 0 saturated carbocycles. The van der Waals surface area contributed by atoms with Crippen LogP contribution in [-0.4, -0.2) is 42.1 Å². The first kappa shape index (κ1) is 23.6. The number of rotatable bonds is 7. The van der Waals surface area contributed by atoms with E-state index in [0.29, 0.717) is 16.8 Å². The predicted octanol–water partition coefficient (Wildman–Crippen LogP) is 3.96. The number of aliphatic carboxylic acids is 1. The second-order valence-corrected chi connectivity index (χ2v) is 7.85. The first-order valence-electron chi connectivity index (χ1n) is 10.8. The number of nitrogens with zero attached hydrogens (tertiary/aromatic N) is 1. The fourth-order valence-corrected chi connectivity index (χ4v) is 4.22. The zero-order chi connectivity index (χ0) is 25.1. The van der Waals surface area contributed by atoms with E-state index in [4.69, 9.17) is 14.6 Å². The van der Waals surface area contributed by atoms with Gasteiger partial charge in [-0.15, -0.1) is 0 Å². The lowest BCUT2D eigenvalue weighted by atomic mass is 9.94. The van der Waals surface area contributed by atoms with Crippen LogP contribution in [0.3, 0.4) is 0 Å². The third-order valence-electron chi connectivity index (χ3n) is 5.79. The third kappa shape index (κ3) is 4.33. The topological polar surface area (TPSA) is 113 Å². The Labute approximate surface area is 201 Å². The summed E-state index contributed by atoms with van der Waals surface area (Å²) in [6.45, 7) is 0. The molecule has 1 amide bonds. The summed E-state index contributed by atoms with van der Waals surface area (Å²) >= 11 is 0. The van der Waals surface area contributed by atoms with Crippen LogP contribution >= 0.6 is 0 Å². The maximum Gasteiger partial charge on any atom is 0.307 e. The molecule has 1 aliphatic heterocycles. The molecule has 1 aliphatic rings. The molecule has 0 aliphatic carbocycles. The smallest absolute Gasteiger partial charge is 0.307 e. The molecule has 2 N–H and O–H groups in total. The number of aliphatic hydroxyl groups excluding tert-OH is 1. The Morgan fingerprint density at radius 3 is 2.00 bits per heavy atom. The number of anilines is 1. The predicted molar refractivity (Wildman–Crippen MR) is 129 cm³/mol. The van der Waals surface area contributed by atoms with Crippen LogP contribution in [-0.2, 0) is 20.8 Å². The second kappa shape index (κ2) is 9.72. The monoisotopic (exact) mass is 473 g/mol. The van der Waals surface area contributed by atoms with Gasteiger partial charge in [0, 0.05) is 5.69 Å². The van der Waals surface area contributed by atoms with Crippen molar-refractivity contribution in [2.75, 3.05) is 19.1 Å². The van der Waals surface area contributed by atoms with E-state index in [2.05, 4.69) is 0 Å². The van der Waals surface area contributed by atoms with Crippen LogP contribution in [0.4, 0.5) is 5.69 Å². The van der Waals surface area contributed by atoms with E-state index in [0.717, 1.165) is 0 Å². The summed E-state index contributed by atoms with van der Waals surface area (Å²) in [6.07, 6.45) is -0.172. The summed E-state index contributed by atoms with van der Waals surface area (Å²) < 4.78 is 10.8. The SMILES string of the molecule is COc1cccc(OC)c1/C(O)=C1\C(=O)C(=O)N(c2ccc(CC(=O)O)cc2)C1c1ccccc1. The maximum atomic E-state index is 13.3. The van der Waals surface area contributed by atoms with E-state index in [1.165, 1.54) is 19.1 Å². The first-order valence-corrected chi connectivity index (χ1v) is 10.8. The average molecular weight is 473 g/mol. The number of carboxylic acid groups (broad SMARTS) is 1. The summed E-state index contributed by atoms with van der Waals surface area (Å²) in [6, 6.07) is 19.2. The van der Waals surface area contributed by atoms with Crippen LogP contribution < -0.4 is 14.4 Å². The molecule has 1 atom stereocenters. The summed E-state index contributed by atoms with van der Waals surface area (Å²) in [7, 11) is 2.86. The molecule has 0 radical (unpaired) electrons. The Morgan fingerprint density at radius 1 is 0.857 bits per heavy atom. The van der Waals surface area contributed by atoms with Crippen molar-refractivity contribution in [1.82, 2.24) is 0 Å². The molecule has 3 aromatic rings. The van der Waals surface area contributed by atoms with Crippen molar-refractivity contribution in [1.29, 1.82) is 0 Å². The summed E-state index contributed by atoms with van der Waals surface area (Å²) in [5, 5.41) is 20.5. The van der Waals surface area contributed by atoms with Gasteiger partial charge in [-0.25, -0.2) is 0 Å². The number of amides is 1. The van der Waals surface area contributed by atoms with Gasteiger partial charge in [0.2, 0.25) is 0 Å². The molecule has 1 unspecified atom stereocenters. The van der Waals surface area contributed by atoms with Gasteiger partial charge in [-0.3, -0.25) is 19.3 Å². The number of hydrogen-bond acceptors (Lipinski definition) is 6. The highest BCUT2D eigenvalue weighted by molar-refractivity contribution is 6.51.